The molecule has 0 aliphatic heterocycles. The van der Waals surface area contributed by atoms with Gasteiger partial charge >= 0.3 is 0 Å². The molecule has 1 aliphatic rings. The molecule has 0 saturated heterocycles. The van der Waals surface area contributed by atoms with E-state index in [0.717, 1.165) is 12.8 Å². The van der Waals surface area contributed by atoms with Crippen molar-refractivity contribution in [1.29, 1.82) is 0 Å². The van der Waals surface area contributed by atoms with Crippen LogP contribution in [-0.2, 0) is 0 Å². The highest BCUT2D eigenvalue weighted by atomic mass is 14.9. The number of hydrogen-bond acceptors (Lipinski definition) is 1. The molecule has 0 spiro atoms. The smallest absolute Gasteiger partial charge is 0.0224 e. The van der Waals surface area contributed by atoms with Crippen molar-refractivity contribution in [1.82, 2.24) is 5.32 Å². The average Bonchev–Trinajstić information content (AvgIpc) is 1.63. The van der Waals surface area contributed by atoms with Crippen LogP contribution in [-0.4, -0.2) is 12.6 Å². The van der Waals surface area contributed by atoms with Crippen LogP contribution in [0.4, 0.5) is 0 Å². The third-order valence-corrected chi connectivity index (χ3v) is 1.88. The zero-order valence-corrected chi connectivity index (χ0v) is 5.62. The van der Waals surface area contributed by atoms with Crippen molar-refractivity contribution < 1.29 is 0 Å². The van der Waals surface area contributed by atoms with E-state index < -0.39 is 0 Å². The van der Waals surface area contributed by atoms with Gasteiger partial charge in [0.25, 0.3) is 0 Å². The zero-order chi connectivity index (χ0) is 6.20. The quantitative estimate of drug-likeness (QED) is 0.503. The zero-order valence-electron chi connectivity index (χ0n) is 5.62. The number of rotatable bonds is 1. The summed E-state index contributed by atoms with van der Waals surface area (Å²) in [4.78, 5) is 0. The van der Waals surface area contributed by atoms with E-state index in [9.17, 15) is 0 Å². The van der Waals surface area contributed by atoms with Crippen LogP contribution in [0.5, 0.6) is 0 Å². The SMILES string of the molecule is C=C1CC(C)(NC)C1. The maximum absolute atomic E-state index is 3.86. The van der Waals surface area contributed by atoms with Gasteiger partial charge in [0.05, 0.1) is 0 Å². The molecule has 0 unspecified atom stereocenters. The molecule has 0 amide bonds. The second-order valence-corrected chi connectivity index (χ2v) is 2.91. The summed E-state index contributed by atoms with van der Waals surface area (Å²) in [5.41, 5.74) is 1.76. The Bertz CT molecular complexity index is 108. The molecule has 0 heterocycles. The fourth-order valence-corrected chi connectivity index (χ4v) is 1.23. The lowest BCUT2D eigenvalue weighted by molar-refractivity contribution is 0.303. The van der Waals surface area contributed by atoms with Crippen LogP contribution in [0.3, 0.4) is 0 Å². The van der Waals surface area contributed by atoms with Gasteiger partial charge in [0.2, 0.25) is 0 Å². The summed E-state index contributed by atoms with van der Waals surface area (Å²) >= 11 is 0. The Balaban J connectivity index is 2.40. The maximum Gasteiger partial charge on any atom is 0.0224 e. The number of hydrogen-bond donors (Lipinski definition) is 1. The van der Waals surface area contributed by atoms with Gasteiger partial charge in [-0.15, -0.1) is 0 Å². The van der Waals surface area contributed by atoms with Crippen LogP contribution in [0.2, 0.25) is 0 Å². The lowest BCUT2D eigenvalue weighted by atomic mass is 9.75. The molecule has 1 aliphatic carbocycles. The molecule has 1 N–H and O–H groups in total. The van der Waals surface area contributed by atoms with Crippen molar-refractivity contribution in [2.24, 2.45) is 0 Å². The van der Waals surface area contributed by atoms with Crippen molar-refractivity contribution in [2.75, 3.05) is 7.05 Å². The predicted octanol–water partition coefficient (Wildman–Crippen LogP) is 1.31. The topological polar surface area (TPSA) is 12.0 Å². The summed E-state index contributed by atoms with van der Waals surface area (Å²) in [6, 6.07) is 0. The lowest BCUT2D eigenvalue weighted by Crippen LogP contribution is -2.47. The predicted molar refractivity (Wildman–Crippen MR) is 35.8 cm³/mol. The molecular formula is C7H13N. The summed E-state index contributed by atoms with van der Waals surface area (Å²) in [5.74, 6) is 0. The van der Waals surface area contributed by atoms with E-state index in [1.165, 1.54) is 5.57 Å². The molecular weight excluding hydrogens is 98.1 g/mol. The minimum absolute atomic E-state index is 0.386. The van der Waals surface area contributed by atoms with Crippen LogP contribution in [0.1, 0.15) is 19.8 Å². The first-order valence-corrected chi connectivity index (χ1v) is 3.02. The Kier molecular flexibility index (Phi) is 1.16. The fraction of sp³-hybridized carbons (Fsp3) is 0.714. The van der Waals surface area contributed by atoms with Gasteiger partial charge in [0.15, 0.2) is 0 Å². The Hall–Kier alpha value is -0.300. The molecule has 1 heteroatoms. The highest BCUT2D eigenvalue weighted by Gasteiger charge is 2.32. The Morgan fingerprint density at radius 1 is 1.62 bits per heavy atom. The van der Waals surface area contributed by atoms with Crippen molar-refractivity contribution in [3.8, 4) is 0 Å². The summed E-state index contributed by atoms with van der Waals surface area (Å²) in [5, 5.41) is 3.25. The fourth-order valence-electron chi connectivity index (χ4n) is 1.23. The maximum atomic E-state index is 3.86. The first kappa shape index (κ1) is 5.83. The first-order chi connectivity index (χ1) is 3.66. The summed E-state index contributed by atoms with van der Waals surface area (Å²) in [6.07, 6.45) is 2.31. The second-order valence-electron chi connectivity index (χ2n) is 2.91. The van der Waals surface area contributed by atoms with E-state index in [-0.39, 0.29) is 0 Å². The third-order valence-electron chi connectivity index (χ3n) is 1.88. The highest BCUT2D eigenvalue weighted by Crippen LogP contribution is 2.34. The normalized spacial score (nSPS) is 25.0. The van der Waals surface area contributed by atoms with Gasteiger partial charge in [0, 0.05) is 5.54 Å². The van der Waals surface area contributed by atoms with E-state index in [1.807, 2.05) is 7.05 Å². The molecule has 0 atom stereocenters. The van der Waals surface area contributed by atoms with Gasteiger partial charge in [-0.3, -0.25) is 0 Å². The van der Waals surface area contributed by atoms with Crippen LogP contribution < -0.4 is 5.32 Å². The standard InChI is InChI=1S/C7H13N/c1-6-4-7(2,5-6)8-3/h8H,1,4-5H2,2-3H3. The monoisotopic (exact) mass is 111 g/mol. The molecule has 0 aromatic carbocycles. The van der Waals surface area contributed by atoms with Gasteiger partial charge in [-0.05, 0) is 26.8 Å². The molecule has 1 nitrogen and oxygen atoms in total. The third kappa shape index (κ3) is 0.781. The van der Waals surface area contributed by atoms with E-state index in [2.05, 4.69) is 18.8 Å². The average molecular weight is 111 g/mol. The van der Waals surface area contributed by atoms with Crippen LogP contribution in [0.25, 0.3) is 0 Å². The summed E-state index contributed by atoms with van der Waals surface area (Å²) < 4.78 is 0. The first-order valence-electron chi connectivity index (χ1n) is 3.02. The molecule has 0 aromatic heterocycles. The minimum Gasteiger partial charge on any atom is -0.314 e. The molecule has 0 bridgehead atoms. The summed E-state index contributed by atoms with van der Waals surface area (Å²) in [6.45, 7) is 6.09. The van der Waals surface area contributed by atoms with Gasteiger partial charge in [-0.2, -0.15) is 0 Å². The van der Waals surface area contributed by atoms with Crippen molar-refractivity contribution in [3.63, 3.8) is 0 Å². The molecule has 8 heavy (non-hydrogen) atoms. The van der Waals surface area contributed by atoms with Gasteiger partial charge in [-0.25, -0.2) is 0 Å². The summed E-state index contributed by atoms with van der Waals surface area (Å²) in [7, 11) is 2.01. The molecule has 0 aromatic rings. The molecule has 46 valence electrons. The Labute approximate surface area is 50.8 Å². The van der Waals surface area contributed by atoms with Gasteiger partial charge in [0.1, 0.15) is 0 Å². The molecule has 1 fully saturated rings. The van der Waals surface area contributed by atoms with Crippen LogP contribution in [0, 0.1) is 0 Å². The van der Waals surface area contributed by atoms with E-state index in [4.69, 9.17) is 0 Å². The van der Waals surface area contributed by atoms with Crippen LogP contribution in [0.15, 0.2) is 12.2 Å². The molecule has 0 radical (unpaired) electrons. The van der Waals surface area contributed by atoms with Gasteiger partial charge in [-0.1, -0.05) is 12.2 Å². The van der Waals surface area contributed by atoms with Crippen molar-refractivity contribution >= 4 is 0 Å². The Morgan fingerprint density at radius 3 is 2.25 bits per heavy atom. The van der Waals surface area contributed by atoms with E-state index in [0.29, 0.717) is 5.54 Å². The van der Waals surface area contributed by atoms with E-state index >= 15 is 0 Å². The van der Waals surface area contributed by atoms with Crippen molar-refractivity contribution in [3.05, 3.63) is 12.2 Å². The highest BCUT2D eigenvalue weighted by molar-refractivity contribution is 5.17. The Morgan fingerprint density at radius 2 is 2.12 bits per heavy atom. The molecule has 1 rings (SSSR count). The minimum atomic E-state index is 0.386. The van der Waals surface area contributed by atoms with Crippen molar-refractivity contribution in [2.45, 2.75) is 25.3 Å². The van der Waals surface area contributed by atoms with Gasteiger partial charge < -0.3 is 5.32 Å². The largest absolute Gasteiger partial charge is 0.314 e. The number of nitrogens with one attached hydrogen (secondary N) is 1. The molecule has 1 saturated carbocycles. The van der Waals surface area contributed by atoms with Crippen LogP contribution >= 0.6 is 0 Å². The van der Waals surface area contributed by atoms with E-state index in [1.54, 1.807) is 0 Å². The lowest BCUT2D eigenvalue weighted by Gasteiger charge is -2.40. The second kappa shape index (κ2) is 1.59.